The van der Waals surface area contributed by atoms with Gasteiger partial charge in [0.05, 0.1) is 0 Å². The van der Waals surface area contributed by atoms with Gasteiger partial charge in [-0.15, -0.1) is 0 Å². The molecule has 0 amide bonds. The van der Waals surface area contributed by atoms with Crippen LogP contribution in [-0.4, -0.2) is 55.2 Å². The lowest BCUT2D eigenvalue weighted by molar-refractivity contribution is 0.211. The molecule has 2 heterocycles. The Hall–Kier alpha value is -0.150. The Kier molecular flexibility index (Phi) is 3.31. The van der Waals surface area contributed by atoms with E-state index in [1.165, 1.54) is 25.9 Å². The second kappa shape index (κ2) is 4.38. The number of alkyl halides is 1. The third kappa shape index (κ3) is 2.34. The van der Waals surface area contributed by atoms with Gasteiger partial charge in [0, 0.05) is 25.7 Å². The molecule has 15 heavy (non-hydrogen) atoms. The van der Waals surface area contributed by atoms with Crippen LogP contribution in [0.3, 0.4) is 0 Å². The first-order valence-corrected chi connectivity index (χ1v) is 6.18. The molecule has 2 nitrogen and oxygen atoms in total. The molecule has 0 radical (unpaired) electrons. The summed E-state index contributed by atoms with van der Waals surface area (Å²) in [4.78, 5) is 4.86. The van der Waals surface area contributed by atoms with Crippen LogP contribution in [0.1, 0.15) is 26.7 Å². The molecule has 0 aromatic rings. The summed E-state index contributed by atoms with van der Waals surface area (Å²) < 4.78 is 12.3. The predicted octanol–water partition coefficient (Wildman–Crippen LogP) is 1.76. The van der Waals surface area contributed by atoms with Gasteiger partial charge in [-0.05, 0) is 45.2 Å². The van der Waals surface area contributed by atoms with Crippen molar-refractivity contribution in [2.75, 3.05) is 39.4 Å². The van der Waals surface area contributed by atoms with Crippen LogP contribution in [0, 0.1) is 5.41 Å². The van der Waals surface area contributed by atoms with E-state index in [4.69, 9.17) is 0 Å². The molecule has 0 saturated carbocycles. The SMILES string of the molecule is CC(C)N1CCC2(CCN(CCF)C2)C1. The first kappa shape index (κ1) is 11.3. The molecular weight excluding hydrogens is 191 g/mol. The highest BCUT2D eigenvalue weighted by molar-refractivity contribution is 4.97. The van der Waals surface area contributed by atoms with Crippen LogP contribution in [0.5, 0.6) is 0 Å². The van der Waals surface area contributed by atoms with E-state index in [1.807, 2.05) is 0 Å². The first-order valence-electron chi connectivity index (χ1n) is 6.18. The van der Waals surface area contributed by atoms with Crippen molar-refractivity contribution in [1.82, 2.24) is 9.80 Å². The zero-order valence-corrected chi connectivity index (χ0v) is 10.0. The van der Waals surface area contributed by atoms with E-state index in [1.54, 1.807) is 0 Å². The molecule has 88 valence electrons. The van der Waals surface area contributed by atoms with Crippen LogP contribution >= 0.6 is 0 Å². The van der Waals surface area contributed by atoms with Gasteiger partial charge in [-0.2, -0.15) is 0 Å². The minimum absolute atomic E-state index is 0.191. The summed E-state index contributed by atoms with van der Waals surface area (Å²) in [5.41, 5.74) is 0.499. The van der Waals surface area contributed by atoms with Crippen molar-refractivity contribution in [2.24, 2.45) is 5.41 Å². The topological polar surface area (TPSA) is 6.48 Å². The first-order chi connectivity index (χ1) is 7.15. The summed E-state index contributed by atoms with van der Waals surface area (Å²) in [6.07, 6.45) is 2.59. The minimum atomic E-state index is -0.191. The molecule has 0 bridgehead atoms. The van der Waals surface area contributed by atoms with Crippen LogP contribution in [0.25, 0.3) is 0 Å². The van der Waals surface area contributed by atoms with Crippen LogP contribution in [0.2, 0.25) is 0 Å². The zero-order valence-electron chi connectivity index (χ0n) is 10.0. The molecule has 0 aliphatic carbocycles. The number of hydrogen-bond donors (Lipinski definition) is 0. The monoisotopic (exact) mass is 214 g/mol. The lowest BCUT2D eigenvalue weighted by atomic mass is 9.86. The van der Waals surface area contributed by atoms with Crippen molar-refractivity contribution in [3.05, 3.63) is 0 Å². The standard InChI is InChI=1S/C12H23FN2/c1-11(2)15-7-4-12(10-15)3-6-14(9-12)8-5-13/h11H,3-10H2,1-2H3. The molecule has 1 atom stereocenters. The number of likely N-dealkylation sites (tertiary alicyclic amines) is 2. The van der Waals surface area contributed by atoms with Crippen molar-refractivity contribution >= 4 is 0 Å². The average Bonchev–Trinajstić information content (AvgIpc) is 2.76. The molecule has 2 fully saturated rings. The summed E-state index contributed by atoms with van der Waals surface area (Å²) in [5, 5.41) is 0. The molecular formula is C12H23FN2. The number of nitrogens with zero attached hydrogens (tertiary/aromatic N) is 2. The lowest BCUT2D eigenvalue weighted by Crippen LogP contribution is -2.34. The third-order valence-electron chi connectivity index (χ3n) is 4.12. The molecule has 2 aliphatic rings. The minimum Gasteiger partial charge on any atom is -0.300 e. The van der Waals surface area contributed by atoms with Gasteiger partial charge in [0.1, 0.15) is 6.67 Å². The largest absolute Gasteiger partial charge is 0.300 e. The van der Waals surface area contributed by atoms with E-state index in [0.717, 1.165) is 13.1 Å². The van der Waals surface area contributed by atoms with E-state index in [-0.39, 0.29) is 6.67 Å². The van der Waals surface area contributed by atoms with Crippen LogP contribution in [0.4, 0.5) is 4.39 Å². The van der Waals surface area contributed by atoms with Crippen LogP contribution in [0.15, 0.2) is 0 Å². The Balaban J connectivity index is 1.89. The highest BCUT2D eigenvalue weighted by atomic mass is 19.1. The van der Waals surface area contributed by atoms with Crippen LogP contribution < -0.4 is 0 Å². The third-order valence-corrected chi connectivity index (χ3v) is 4.12. The van der Waals surface area contributed by atoms with Gasteiger partial charge in [-0.3, -0.25) is 0 Å². The van der Waals surface area contributed by atoms with Gasteiger partial charge < -0.3 is 9.80 Å². The van der Waals surface area contributed by atoms with Crippen LogP contribution in [-0.2, 0) is 0 Å². The van der Waals surface area contributed by atoms with Crippen molar-refractivity contribution in [2.45, 2.75) is 32.7 Å². The average molecular weight is 214 g/mol. The number of halogens is 1. The van der Waals surface area contributed by atoms with Crippen molar-refractivity contribution in [1.29, 1.82) is 0 Å². The second-order valence-corrected chi connectivity index (χ2v) is 5.53. The zero-order chi connectivity index (χ0) is 10.9. The van der Waals surface area contributed by atoms with Gasteiger partial charge in [0.25, 0.3) is 0 Å². The molecule has 1 unspecified atom stereocenters. The highest BCUT2D eigenvalue weighted by Gasteiger charge is 2.43. The fraction of sp³-hybridized carbons (Fsp3) is 1.00. The molecule has 2 rings (SSSR count). The molecule has 2 aliphatic heterocycles. The fourth-order valence-corrected chi connectivity index (χ4v) is 3.08. The summed E-state index contributed by atoms with van der Waals surface area (Å²) in [7, 11) is 0. The summed E-state index contributed by atoms with van der Waals surface area (Å²) in [6, 6.07) is 0.666. The molecule has 0 aromatic heterocycles. The van der Waals surface area contributed by atoms with Crippen molar-refractivity contribution in [3.8, 4) is 0 Å². The van der Waals surface area contributed by atoms with Gasteiger partial charge in [0.2, 0.25) is 0 Å². The summed E-state index contributed by atoms with van der Waals surface area (Å²) >= 11 is 0. The smallest absolute Gasteiger partial charge is 0.102 e. The van der Waals surface area contributed by atoms with Gasteiger partial charge in [-0.25, -0.2) is 4.39 Å². The molecule has 3 heteroatoms. The van der Waals surface area contributed by atoms with E-state index in [0.29, 0.717) is 18.0 Å². The maximum atomic E-state index is 12.3. The van der Waals surface area contributed by atoms with Gasteiger partial charge >= 0.3 is 0 Å². The predicted molar refractivity (Wildman–Crippen MR) is 60.8 cm³/mol. The molecule has 0 N–H and O–H groups in total. The second-order valence-electron chi connectivity index (χ2n) is 5.53. The Morgan fingerprint density at radius 1 is 1.20 bits per heavy atom. The Bertz CT molecular complexity index is 220. The van der Waals surface area contributed by atoms with E-state index in [9.17, 15) is 4.39 Å². The van der Waals surface area contributed by atoms with E-state index in [2.05, 4.69) is 23.6 Å². The normalized spacial score (nSPS) is 33.6. The quantitative estimate of drug-likeness (QED) is 0.706. The van der Waals surface area contributed by atoms with E-state index >= 15 is 0 Å². The maximum absolute atomic E-state index is 12.3. The molecule has 0 aromatic carbocycles. The highest BCUT2D eigenvalue weighted by Crippen LogP contribution is 2.39. The summed E-state index contributed by atoms with van der Waals surface area (Å²) in [5.74, 6) is 0. The number of hydrogen-bond acceptors (Lipinski definition) is 2. The van der Waals surface area contributed by atoms with Crippen molar-refractivity contribution < 1.29 is 4.39 Å². The van der Waals surface area contributed by atoms with Crippen molar-refractivity contribution in [3.63, 3.8) is 0 Å². The Morgan fingerprint density at radius 2 is 1.93 bits per heavy atom. The molecule has 2 saturated heterocycles. The van der Waals surface area contributed by atoms with Gasteiger partial charge in [0.15, 0.2) is 0 Å². The molecule has 1 spiro atoms. The maximum Gasteiger partial charge on any atom is 0.102 e. The fourth-order valence-electron chi connectivity index (χ4n) is 3.08. The Labute approximate surface area is 92.4 Å². The van der Waals surface area contributed by atoms with Gasteiger partial charge in [-0.1, -0.05) is 0 Å². The van der Waals surface area contributed by atoms with E-state index < -0.39 is 0 Å². The number of rotatable bonds is 3. The summed E-state index contributed by atoms with van der Waals surface area (Å²) in [6.45, 7) is 9.69. The Morgan fingerprint density at radius 3 is 2.53 bits per heavy atom. The lowest BCUT2D eigenvalue weighted by Gasteiger charge is -2.26.